The molecule has 0 radical (unpaired) electrons. The predicted octanol–water partition coefficient (Wildman–Crippen LogP) is 4.39. The molecule has 0 spiro atoms. The van der Waals surface area contributed by atoms with Gasteiger partial charge in [-0.25, -0.2) is 4.98 Å². The fourth-order valence-electron chi connectivity index (χ4n) is 2.80. The molecule has 1 aromatic heterocycles. The zero-order chi connectivity index (χ0) is 15.4. The molecule has 0 saturated heterocycles. The third-order valence-electron chi connectivity index (χ3n) is 4.02. The number of aromatic nitrogens is 1. The lowest BCUT2D eigenvalue weighted by Gasteiger charge is -2.11. The molecule has 0 aliphatic rings. The highest BCUT2D eigenvalue weighted by Crippen LogP contribution is 2.27. The number of hydrogen-bond acceptors (Lipinski definition) is 2. The molecule has 0 saturated carbocycles. The first-order chi connectivity index (χ1) is 10.8. The molecule has 22 heavy (non-hydrogen) atoms. The zero-order valence-electron chi connectivity index (χ0n) is 12.9. The second-order valence-corrected chi connectivity index (χ2v) is 5.57. The molecule has 0 unspecified atom stereocenters. The van der Waals surface area contributed by atoms with E-state index in [0.717, 1.165) is 36.0 Å². The number of pyridine rings is 1. The van der Waals surface area contributed by atoms with Crippen LogP contribution in [0.2, 0.25) is 0 Å². The van der Waals surface area contributed by atoms with Crippen molar-refractivity contribution in [1.29, 1.82) is 0 Å². The van der Waals surface area contributed by atoms with E-state index in [-0.39, 0.29) is 6.61 Å². The Morgan fingerprint density at radius 2 is 1.82 bits per heavy atom. The minimum Gasteiger partial charge on any atom is -0.396 e. The summed E-state index contributed by atoms with van der Waals surface area (Å²) < 4.78 is 0. The molecule has 1 N–H and O–H groups in total. The zero-order valence-corrected chi connectivity index (χ0v) is 12.9. The van der Waals surface area contributed by atoms with Crippen molar-refractivity contribution in [2.75, 3.05) is 6.61 Å². The van der Waals surface area contributed by atoms with Crippen molar-refractivity contribution in [2.24, 2.45) is 0 Å². The molecule has 0 fully saturated rings. The highest BCUT2D eigenvalue weighted by Gasteiger charge is 2.09. The summed E-state index contributed by atoms with van der Waals surface area (Å²) in [5.74, 6) is 0. The Bertz CT molecular complexity index is 765. The molecule has 0 bridgehead atoms. The Labute approximate surface area is 131 Å². The van der Waals surface area contributed by atoms with Crippen LogP contribution in [0.3, 0.4) is 0 Å². The van der Waals surface area contributed by atoms with Crippen molar-refractivity contribution in [1.82, 2.24) is 4.98 Å². The molecule has 0 atom stereocenters. The van der Waals surface area contributed by atoms with Crippen molar-refractivity contribution in [3.05, 3.63) is 65.7 Å². The lowest BCUT2D eigenvalue weighted by atomic mass is 9.99. The summed E-state index contributed by atoms with van der Waals surface area (Å²) in [6.45, 7) is 2.38. The van der Waals surface area contributed by atoms with Gasteiger partial charge in [0.25, 0.3) is 0 Å². The van der Waals surface area contributed by atoms with Crippen LogP contribution >= 0.6 is 0 Å². The Morgan fingerprint density at radius 1 is 1.00 bits per heavy atom. The third kappa shape index (κ3) is 3.02. The van der Waals surface area contributed by atoms with Crippen LogP contribution in [0.5, 0.6) is 0 Å². The van der Waals surface area contributed by atoms with Crippen LogP contribution in [0.25, 0.3) is 22.2 Å². The number of benzene rings is 2. The van der Waals surface area contributed by atoms with Crippen molar-refractivity contribution < 1.29 is 5.11 Å². The lowest BCUT2D eigenvalue weighted by Crippen LogP contribution is -1.97. The van der Waals surface area contributed by atoms with Crippen LogP contribution < -0.4 is 0 Å². The summed E-state index contributed by atoms with van der Waals surface area (Å²) in [5.41, 5.74) is 5.74. The van der Waals surface area contributed by atoms with E-state index in [1.807, 2.05) is 18.2 Å². The van der Waals surface area contributed by atoms with Gasteiger partial charge in [-0.2, -0.15) is 0 Å². The van der Waals surface area contributed by atoms with Gasteiger partial charge in [0.15, 0.2) is 0 Å². The van der Waals surface area contributed by atoms with Crippen molar-refractivity contribution in [2.45, 2.75) is 26.2 Å². The fraction of sp³-hybridized carbons (Fsp3) is 0.250. The normalized spacial score (nSPS) is 11.0. The van der Waals surface area contributed by atoms with E-state index in [0.29, 0.717) is 0 Å². The summed E-state index contributed by atoms with van der Waals surface area (Å²) in [6.07, 6.45) is 2.64. The molecule has 2 nitrogen and oxygen atoms in total. The van der Waals surface area contributed by atoms with Crippen molar-refractivity contribution in [3.8, 4) is 11.3 Å². The molecule has 2 aromatic carbocycles. The van der Waals surface area contributed by atoms with Gasteiger partial charge >= 0.3 is 0 Å². The van der Waals surface area contributed by atoms with Gasteiger partial charge in [0, 0.05) is 17.6 Å². The van der Waals surface area contributed by atoms with Gasteiger partial charge in [-0.1, -0.05) is 43.3 Å². The molecule has 3 rings (SSSR count). The van der Waals surface area contributed by atoms with Crippen LogP contribution in [0, 0.1) is 0 Å². The van der Waals surface area contributed by atoms with Crippen molar-refractivity contribution in [3.63, 3.8) is 0 Å². The first kappa shape index (κ1) is 14.7. The molecular formula is C20H21NO. The van der Waals surface area contributed by atoms with Crippen LogP contribution in [0.1, 0.15) is 24.5 Å². The van der Waals surface area contributed by atoms with Crippen LogP contribution in [0.4, 0.5) is 0 Å². The van der Waals surface area contributed by atoms with Crippen LogP contribution in [0.15, 0.2) is 54.6 Å². The Balaban J connectivity index is 2.16. The molecule has 0 amide bonds. The minimum atomic E-state index is 0.210. The van der Waals surface area contributed by atoms with E-state index in [1.54, 1.807) is 0 Å². The lowest BCUT2D eigenvalue weighted by molar-refractivity contribution is 0.288. The maximum atomic E-state index is 9.16. The maximum Gasteiger partial charge on any atom is 0.0741 e. The number of rotatable bonds is 5. The van der Waals surface area contributed by atoms with Gasteiger partial charge < -0.3 is 5.11 Å². The third-order valence-corrected chi connectivity index (χ3v) is 4.02. The maximum absolute atomic E-state index is 9.16. The van der Waals surface area contributed by atoms with E-state index >= 15 is 0 Å². The van der Waals surface area contributed by atoms with Gasteiger partial charge in [-0.3, -0.25) is 0 Å². The monoisotopic (exact) mass is 291 g/mol. The average molecular weight is 291 g/mol. The quantitative estimate of drug-likeness (QED) is 0.756. The Kier molecular flexibility index (Phi) is 4.50. The Hall–Kier alpha value is -2.19. The van der Waals surface area contributed by atoms with Crippen molar-refractivity contribution >= 4 is 10.9 Å². The van der Waals surface area contributed by atoms with Gasteiger partial charge in [-0.05, 0) is 48.6 Å². The summed E-state index contributed by atoms with van der Waals surface area (Å²) in [6, 6.07) is 19.0. The first-order valence-corrected chi connectivity index (χ1v) is 7.90. The molecule has 2 heteroatoms. The fourth-order valence-corrected chi connectivity index (χ4v) is 2.80. The number of aliphatic hydroxyl groups is 1. The van der Waals surface area contributed by atoms with E-state index in [1.165, 1.54) is 16.5 Å². The second kappa shape index (κ2) is 6.71. The number of aryl methyl sites for hydroxylation is 2. The molecule has 1 heterocycles. The number of hydrogen-bond donors (Lipinski definition) is 1. The Morgan fingerprint density at radius 3 is 2.55 bits per heavy atom. The molecule has 0 aliphatic carbocycles. The van der Waals surface area contributed by atoms with E-state index in [4.69, 9.17) is 10.1 Å². The highest BCUT2D eigenvalue weighted by atomic mass is 16.2. The van der Waals surface area contributed by atoms with Gasteiger partial charge in [0.2, 0.25) is 0 Å². The summed E-state index contributed by atoms with van der Waals surface area (Å²) >= 11 is 0. The van der Waals surface area contributed by atoms with Gasteiger partial charge in [-0.15, -0.1) is 0 Å². The second-order valence-electron chi connectivity index (χ2n) is 5.57. The molecule has 0 aliphatic heterocycles. The highest BCUT2D eigenvalue weighted by molar-refractivity contribution is 5.84. The van der Waals surface area contributed by atoms with Gasteiger partial charge in [0.05, 0.1) is 11.2 Å². The van der Waals surface area contributed by atoms with Crippen LogP contribution in [-0.2, 0) is 12.8 Å². The SMILES string of the molecule is CCc1ccc2nc(-c3ccccc3)c(CCCO)cc2c1. The standard InChI is InChI=1S/C20H21NO/c1-2-15-10-11-19-18(13-15)14-17(9-6-12-22)20(21-19)16-7-4-3-5-8-16/h3-5,7-8,10-11,13-14,22H,2,6,9,12H2,1H3. The summed E-state index contributed by atoms with van der Waals surface area (Å²) in [7, 11) is 0. The molecule has 3 aromatic rings. The summed E-state index contributed by atoms with van der Waals surface area (Å²) in [4.78, 5) is 4.89. The number of aliphatic hydroxyl groups excluding tert-OH is 1. The number of fused-ring (bicyclic) bond motifs is 1. The number of nitrogens with zero attached hydrogens (tertiary/aromatic N) is 1. The predicted molar refractivity (Wildman–Crippen MR) is 92.0 cm³/mol. The van der Waals surface area contributed by atoms with E-state index in [2.05, 4.69) is 43.3 Å². The van der Waals surface area contributed by atoms with E-state index in [9.17, 15) is 0 Å². The van der Waals surface area contributed by atoms with Gasteiger partial charge in [0.1, 0.15) is 0 Å². The smallest absolute Gasteiger partial charge is 0.0741 e. The first-order valence-electron chi connectivity index (χ1n) is 7.90. The average Bonchev–Trinajstić information content (AvgIpc) is 2.59. The van der Waals surface area contributed by atoms with Crippen LogP contribution in [-0.4, -0.2) is 16.7 Å². The minimum absolute atomic E-state index is 0.210. The molecule has 112 valence electrons. The summed E-state index contributed by atoms with van der Waals surface area (Å²) in [5, 5.41) is 10.4. The van der Waals surface area contributed by atoms with E-state index < -0.39 is 0 Å². The largest absolute Gasteiger partial charge is 0.396 e. The molecular weight excluding hydrogens is 270 g/mol. The topological polar surface area (TPSA) is 33.1 Å².